The lowest BCUT2D eigenvalue weighted by molar-refractivity contribution is -0.125. The average Bonchev–Trinajstić information content (AvgIpc) is 2.49. The second-order valence-electron chi connectivity index (χ2n) is 5.94. The van der Waals surface area contributed by atoms with Crippen molar-refractivity contribution in [2.45, 2.75) is 40.2 Å². The molecule has 0 spiro atoms. The van der Waals surface area contributed by atoms with Crippen molar-refractivity contribution in [3.63, 3.8) is 0 Å². The second-order valence-corrected chi connectivity index (χ2v) is 5.94. The molecule has 5 nitrogen and oxygen atoms in total. The molecule has 0 saturated heterocycles. The number of benzene rings is 1. The number of fused-ring (bicyclic) bond motifs is 1. The molecule has 1 aromatic rings. The highest BCUT2D eigenvalue weighted by Gasteiger charge is 2.34. The zero-order valence-electron chi connectivity index (χ0n) is 13.6. The van der Waals surface area contributed by atoms with Gasteiger partial charge in [-0.2, -0.15) is 0 Å². The lowest BCUT2D eigenvalue weighted by Crippen LogP contribution is -2.46. The quantitative estimate of drug-likeness (QED) is 0.758. The van der Waals surface area contributed by atoms with Gasteiger partial charge in [0.1, 0.15) is 6.29 Å². The number of ether oxygens (including phenoxy) is 2. The first-order chi connectivity index (χ1) is 10.5. The number of rotatable bonds is 6. The van der Waals surface area contributed by atoms with Crippen LogP contribution in [0.15, 0.2) is 12.1 Å². The van der Waals surface area contributed by atoms with Crippen LogP contribution in [0.4, 0.5) is 5.69 Å². The van der Waals surface area contributed by atoms with Crippen molar-refractivity contribution in [3.8, 4) is 11.5 Å². The van der Waals surface area contributed by atoms with Gasteiger partial charge in [0.2, 0.25) is 0 Å². The summed E-state index contributed by atoms with van der Waals surface area (Å²) < 4.78 is 11.5. The number of anilines is 1. The first-order valence-electron chi connectivity index (χ1n) is 7.72. The number of aldehydes is 1. The molecule has 0 aromatic heterocycles. The van der Waals surface area contributed by atoms with Gasteiger partial charge in [-0.25, -0.2) is 0 Å². The number of hydrogen-bond donors (Lipinski definition) is 0. The van der Waals surface area contributed by atoms with E-state index in [-0.39, 0.29) is 5.91 Å². The topological polar surface area (TPSA) is 55.8 Å². The highest BCUT2D eigenvalue weighted by atomic mass is 16.5. The van der Waals surface area contributed by atoms with Crippen LogP contribution in [0.1, 0.15) is 44.5 Å². The zero-order chi connectivity index (χ0) is 16.3. The van der Waals surface area contributed by atoms with Crippen LogP contribution in [0.25, 0.3) is 0 Å². The van der Waals surface area contributed by atoms with Crippen LogP contribution < -0.4 is 14.4 Å². The summed E-state index contributed by atoms with van der Waals surface area (Å²) in [5.41, 5.74) is 1.09. The smallest absolute Gasteiger partial charge is 0.267 e. The predicted octanol–water partition coefficient (Wildman–Crippen LogP) is 3.06. The van der Waals surface area contributed by atoms with Gasteiger partial charge in [0.15, 0.2) is 17.6 Å². The second kappa shape index (κ2) is 6.81. The van der Waals surface area contributed by atoms with Crippen molar-refractivity contribution in [1.29, 1.82) is 0 Å². The number of amides is 1. The third-order valence-corrected chi connectivity index (χ3v) is 3.40. The Morgan fingerprint density at radius 1 is 1.41 bits per heavy atom. The summed E-state index contributed by atoms with van der Waals surface area (Å²) in [5.74, 6) is 1.29. The molecule has 1 aliphatic heterocycles. The molecule has 1 amide bonds. The predicted molar refractivity (Wildman–Crippen MR) is 84.9 cm³/mol. The van der Waals surface area contributed by atoms with E-state index in [9.17, 15) is 9.59 Å². The molecule has 22 heavy (non-hydrogen) atoms. The first kappa shape index (κ1) is 16.3. The van der Waals surface area contributed by atoms with Crippen molar-refractivity contribution in [1.82, 2.24) is 0 Å². The third kappa shape index (κ3) is 3.24. The Kier molecular flexibility index (Phi) is 5.06. The van der Waals surface area contributed by atoms with E-state index in [0.717, 1.165) is 12.7 Å². The summed E-state index contributed by atoms with van der Waals surface area (Å²) in [6.45, 7) is 8.94. The minimum Gasteiger partial charge on any atom is -0.490 e. The van der Waals surface area contributed by atoms with E-state index in [4.69, 9.17) is 9.47 Å². The van der Waals surface area contributed by atoms with E-state index < -0.39 is 6.10 Å². The van der Waals surface area contributed by atoms with E-state index >= 15 is 0 Å². The van der Waals surface area contributed by atoms with Crippen molar-refractivity contribution in [3.05, 3.63) is 17.7 Å². The highest BCUT2D eigenvalue weighted by Crippen LogP contribution is 2.43. The molecule has 1 atom stereocenters. The number of carbonyl (C=O) groups is 2. The number of hydrogen-bond acceptors (Lipinski definition) is 4. The molecule has 0 fully saturated rings. The van der Waals surface area contributed by atoms with Gasteiger partial charge >= 0.3 is 0 Å². The van der Waals surface area contributed by atoms with Gasteiger partial charge in [0.25, 0.3) is 5.91 Å². The molecule has 1 heterocycles. The monoisotopic (exact) mass is 305 g/mol. The molecular formula is C17H23NO4. The van der Waals surface area contributed by atoms with Gasteiger partial charge in [0, 0.05) is 12.1 Å². The van der Waals surface area contributed by atoms with E-state index in [1.807, 2.05) is 20.8 Å². The van der Waals surface area contributed by atoms with Gasteiger partial charge in [0.05, 0.1) is 12.3 Å². The Bertz CT molecular complexity index is 568. The normalized spacial score (nSPS) is 17.2. The third-order valence-electron chi connectivity index (χ3n) is 3.40. The number of nitrogens with zero attached hydrogens (tertiary/aromatic N) is 1. The standard InChI is InChI=1S/C17H23NO4/c1-5-6-21-15-8-13(10-19)7-14-16(15)22-12(4)17(20)18(14)9-11(2)3/h7-8,10-12H,5-6,9H2,1-4H3. The molecule has 1 unspecified atom stereocenters. The van der Waals surface area contributed by atoms with Gasteiger partial charge < -0.3 is 14.4 Å². The fourth-order valence-corrected chi connectivity index (χ4v) is 2.43. The maximum absolute atomic E-state index is 12.4. The molecule has 0 N–H and O–H groups in total. The molecule has 0 aliphatic carbocycles. The largest absolute Gasteiger partial charge is 0.490 e. The molecule has 120 valence electrons. The van der Waals surface area contributed by atoms with Gasteiger partial charge in [-0.05, 0) is 31.4 Å². The molecule has 0 bridgehead atoms. The summed E-state index contributed by atoms with van der Waals surface area (Å²) in [6.07, 6.45) is 1.05. The summed E-state index contributed by atoms with van der Waals surface area (Å²) in [5, 5.41) is 0. The highest BCUT2D eigenvalue weighted by molar-refractivity contribution is 6.01. The van der Waals surface area contributed by atoms with E-state index in [1.54, 1.807) is 24.0 Å². The van der Waals surface area contributed by atoms with Crippen LogP contribution in [-0.4, -0.2) is 31.4 Å². The summed E-state index contributed by atoms with van der Waals surface area (Å²) >= 11 is 0. The van der Waals surface area contributed by atoms with Crippen LogP contribution >= 0.6 is 0 Å². The lowest BCUT2D eigenvalue weighted by atomic mass is 10.1. The fraction of sp³-hybridized carbons (Fsp3) is 0.529. The van der Waals surface area contributed by atoms with E-state index in [0.29, 0.717) is 41.8 Å². The van der Waals surface area contributed by atoms with Crippen molar-refractivity contribution >= 4 is 17.9 Å². The molecule has 0 saturated carbocycles. The summed E-state index contributed by atoms with van der Waals surface area (Å²) in [4.78, 5) is 25.3. The molecule has 2 rings (SSSR count). The minimum atomic E-state index is -0.558. The Labute approximate surface area is 131 Å². The molecular weight excluding hydrogens is 282 g/mol. The Hall–Kier alpha value is -2.04. The van der Waals surface area contributed by atoms with Crippen LogP contribution in [0.3, 0.4) is 0 Å². The minimum absolute atomic E-state index is 0.0920. The van der Waals surface area contributed by atoms with Gasteiger partial charge in [-0.3, -0.25) is 9.59 Å². The maximum Gasteiger partial charge on any atom is 0.267 e. The fourth-order valence-electron chi connectivity index (χ4n) is 2.43. The van der Waals surface area contributed by atoms with Crippen molar-refractivity contribution in [2.24, 2.45) is 5.92 Å². The Morgan fingerprint density at radius 2 is 2.14 bits per heavy atom. The van der Waals surface area contributed by atoms with Crippen molar-refractivity contribution < 1.29 is 19.1 Å². The lowest BCUT2D eigenvalue weighted by Gasteiger charge is -2.35. The zero-order valence-corrected chi connectivity index (χ0v) is 13.6. The van der Waals surface area contributed by atoms with Gasteiger partial charge in [-0.1, -0.05) is 20.8 Å². The van der Waals surface area contributed by atoms with Crippen molar-refractivity contribution in [2.75, 3.05) is 18.1 Å². The SMILES string of the molecule is CCCOc1cc(C=O)cc2c1OC(C)C(=O)N2CC(C)C. The van der Waals surface area contributed by atoms with Crippen LogP contribution in [0.5, 0.6) is 11.5 Å². The van der Waals surface area contributed by atoms with Gasteiger partial charge in [-0.15, -0.1) is 0 Å². The van der Waals surface area contributed by atoms with Crippen LogP contribution in [0, 0.1) is 5.92 Å². The maximum atomic E-state index is 12.4. The summed E-state index contributed by atoms with van der Waals surface area (Å²) in [6, 6.07) is 3.35. The molecule has 1 aromatic carbocycles. The van der Waals surface area contributed by atoms with E-state index in [2.05, 4.69) is 0 Å². The number of carbonyl (C=O) groups excluding carboxylic acids is 2. The molecule has 0 radical (unpaired) electrons. The first-order valence-corrected chi connectivity index (χ1v) is 7.72. The summed E-state index contributed by atoms with van der Waals surface area (Å²) in [7, 11) is 0. The Balaban J connectivity index is 2.52. The average molecular weight is 305 g/mol. The molecule has 1 aliphatic rings. The van der Waals surface area contributed by atoms with Crippen LogP contribution in [0.2, 0.25) is 0 Å². The molecule has 5 heteroatoms. The Morgan fingerprint density at radius 3 is 2.73 bits per heavy atom. The van der Waals surface area contributed by atoms with E-state index in [1.165, 1.54) is 0 Å². The van der Waals surface area contributed by atoms with Crippen LogP contribution in [-0.2, 0) is 4.79 Å².